The largest absolute Gasteiger partial charge is 0.357 e. The molecule has 84 valence electrons. The topological polar surface area (TPSA) is 55.6 Å². The predicted molar refractivity (Wildman–Crippen MR) is 63.9 cm³/mol. The fourth-order valence-electron chi connectivity index (χ4n) is 1.08. The lowest BCUT2D eigenvalue weighted by Gasteiger charge is -2.04. The van der Waals surface area contributed by atoms with Crippen LogP contribution in [0.1, 0.15) is 0 Å². The normalized spacial score (nSPS) is 10.4. The van der Waals surface area contributed by atoms with Crippen LogP contribution in [0, 0.1) is 0 Å². The van der Waals surface area contributed by atoms with E-state index in [9.17, 15) is 0 Å². The van der Waals surface area contributed by atoms with Gasteiger partial charge in [0, 0.05) is 26.5 Å². The molecular weight excluding hydrogens is 246 g/mol. The summed E-state index contributed by atoms with van der Waals surface area (Å²) in [5, 5.41) is 4.91. The Hall–Kier alpha value is -1.27. The average molecular weight is 256 g/mol. The quantitative estimate of drug-likeness (QED) is 0.851. The molecule has 0 amide bonds. The number of imidazole rings is 1. The highest BCUT2D eigenvalue weighted by Gasteiger charge is 2.09. The van der Waals surface area contributed by atoms with Gasteiger partial charge in [-0.2, -0.15) is 0 Å². The molecule has 0 bridgehead atoms. The van der Waals surface area contributed by atoms with E-state index in [4.69, 9.17) is 11.6 Å². The molecule has 7 heteroatoms. The Morgan fingerprint density at radius 3 is 2.88 bits per heavy atom. The molecule has 2 heterocycles. The van der Waals surface area contributed by atoms with Crippen LogP contribution in [0.25, 0.3) is 0 Å². The highest BCUT2D eigenvalue weighted by atomic mass is 35.5. The van der Waals surface area contributed by atoms with E-state index in [0.717, 1.165) is 5.16 Å². The Morgan fingerprint density at radius 2 is 2.25 bits per heavy atom. The van der Waals surface area contributed by atoms with Crippen molar-refractivity contribution < 1.29 is 0 Å². The lowest BCUT2D eigenvalue weighted by molar-refractivity contribution is 0.788. The minimum absolute atomic E-state index is 0.520. The summed E-state index contributed by atoms with van der Waals surface area (Å²) in [6, 6.07) is 0. The van der Waals surface area contributed by atoms with Crippen LogP contribution in [0.5, 0.6) is 0 Å². The first-order chi connectivity index (χ1) is 7.70. The van der Waals surface area contributed by atoms with Crippen molar-refractivity contribution in [3.05, 3.63) is 23.6 Å². The molecule has 0 radical (unpaired) electrons. The van der Waals surface area contributed by atoms with Gasteiger partial charge in [-0.15, -0.1) is 0 Å². The molecule has 0 aliphatic rings. The Bertz CT molecular complexity index is 498. The van der Waals surface area contributed by atoms with Crippen molar-refractivity contribution in [1.29, 1.82) is 0 Å². The SMILES string of the molecule is CNc1ncc(Cl)c(Sc2nccn2C)n1. The van der Waals surface area contributed by atoms with Gasteiger partial charge in [-0.05, 0) is 11.8 Å². The number of hydrogen-bond donors (Lipinski definition) is 1. The van der Waals surface area contributed by atoms with Crippen molar-refractivity contribution in [3.8, 4) is 0 Å². The van der Waals surface area contributed by atoms with Gasteiger partial charge in [0.25, 0.3) is 0 Å². The lowest BCUT2D eigenvalue weighted by Crippen LogP contribution is -1.98. The second kappa shape index (κ2) is 4.71. The Morgan fingerprint density at radius 1 is 1.44 bits per heavy atom. The van der Waals surface area contributed by atoms with E-state index in [0.29, 0.717) is 16.0 Å². The van der Waals surface area contributed by atoms with Gasteiger partial charge in [-0.25, -0.2) is 15.0 Å². The van der Waals surface area contributed by atoms with Crippen LogP contribution in [0.4, 0.5) is 5.95 Å². The van der Waals surface area contributed by atoms with Gasteiger partial charge in [0.15, 0.2) is 5.16 Å². The van der Waals surface area contributed by atoms with Crippen molar-refractivity contribution >= 4 is 29.3 Å². The van der Waals surface area contributed by atoms with Gasteiger partial charge < -0.3 is 9.88 Å². The molecule has 2 aromatic rings. The van der Waals surface area contributed by atoms with Gasteiger partial charge in [-0.1, -0.05) is 11.6 Å². The first-order valence-corrected chi connectivity index (χ1v) is 5.75. The zero-order chi connectivity index (χ0) is 11.5. The molecule has 0 spiro atoms. The maximum atomic E-state index is 6.01. The number of hydrogen-bond acceptors (Lipinski definition) is 5. The highest BCUT2D eigenvalue weighted by molar-refractivity contribution is 7.99. The maximum absolute atomic E-state index is 6.01. The minimum Gasteiger partial charge on any atom is -0.357 e. The van der Waals surface area contributed by atoms with E-state index in [1.807, 2.05) is 17.8 Å². The number of nitrogens with one attached hydrogen (secondary N) is 1. The number of anilines is 1. The zero-order valence-corrected chi connectivity index (χ0v) is 10.4. The molecular formula is C9H10ClN5S. The molecule has 1 N–H and O–H groups in total. The summed E-state index contributed by atoms with van der Waals surface area (Å²) in [5.74, 6) is 0.543. The molecule has 5 nitrogen and oxygen atoms in total. The summed E-state index contributed by atoms with van der Waals surface area (Å²) in [5.41, 5.74) is 0. The number of aromatic nitrogens is 4. The monoisotopic (exact) mass is 255 g/mol. The first kappa shape index (κ1) is 11.2. The van der Waals surface area contributed by atoms with E-state index in [2.05, 4.69) is 20.3 Å². The van der Waals surface area contributed by atoms with Gasteiger partial charge >= 0.3 is 0 Å². The fourth-order valence-corrected chi connectivity index (χ4v) is 2.06. The highest BCUT2D eigenvalue weighted by Crippen LogP contribution is 2.30. The van der Waals surface area contributed by atoms with Crippen molar-refractivity contribution in [3.63, 3.8) is 0 Å². The summed E-state index contributed by atoms with van der Waals surface area (Å²) in [6.45, 7) is 0. The molecule has 0 fully saturated rings. The summed E-state index contributed by atoms with van der Waals surface area (Å²) in [7, 11) is 3.68. The smallest absolute Gasteiger partial charge is 0.223 e. The zero-order valence-electron chi connectivity index (χ0n) is 8.81. The third-order valence-electron chi connectivity index (χ3n) is 1.90. The van der Waals surface area contributed by atoms with Crippen LogP contribution in [-0.2, 0) is 7.05 Å². The minimum atomic E-state index is 0.520. The predicted octanol–water partition coefficient (Wildman–Crippen LogP) is 2.06. The maximum Gasteiger partial charge on any atom is 0.223 e. The molecule has 0 atom stereocenters. The molecule has 0 aromatic carbocycles. The van der Waals surface area contributed by atoms with Crippen LogP contribution in [0.15, 0.2) is 28.8 Å². The number of aryl methyl sites for hydroxylation is 1. The first-order valence-electron chi connectivity index (χ1n) is 4.56. The van der Waals surface area contributed by atoms with Gasteiger partial charge in [0.05, 0.1) is 11.2 Å². The van der Waals surface area contributed by atoms with E-state index in [1.54, 1.807) is 19.4 Å². The molecule has 0 unspecified atom stereocenters. The van der Waals surface area contributed by atoms with Crippen LogP contribution in [0.2, 0.25) is 5.02 Å². The molecule has 2 aromatic heterocycles. The summed E-state index contributed by atoms with van der Waals surface area (Å²) < 4.78 is 1.90. The Labute approximate surface area is 102 Å². The number of halogens is 1. The van der Waals surface area contributed by atoms with Crippen molar-refractivity contribution in [2.45, 2.75) is 10.2 Å². The third kappa shape index (κ3) is 2.28. The fraction of sp³-hybridized carbons (Fsp3) is 0.222. The second-order valence-electron chi connectivity index (χ2n) is 3.02. The van der Waals surface area contributed by atoms with Gasteiger partial charge in [0.2, 0.25) is 5.95 Å². The average Bonchev–Trinajstić information content (AvgIpc) is 2.68. The Kier molecular flexibility index (Phi) is 3.31. The number of rotatable bonds is 3. The van der Waals surface area contributed by atoms with Crippen molar-refractivity contribution in [1.82, 2.24) is 19.5 Å². The molecule has 2 rings (SSSR count). The summed E-state index contributed by atoms with van der Waals surface area (Å²) >= 11 is 7.42. The number of nitrogens with zero attached hydrogens (tertiary/aromatic N) is 4. The van der Waals surface area contributed by atoms with Crippen molar-refractivity contribution in [2.75, 3.05) is 12.4 Å². The van der Waals surface area contributed by atoms with Gasteiger partial charge in [-0.3, -0.25) is 0 Å². The second-order valence-corrected chi connectivity index (χ2v) is 4.38. The van der Waals surface area contributed by atoms with E-state index in [1.165, 1.54) is 11.8 Å². The standard InChI is InChI=1S/C9H10ClN5S/c1-11-8-13-5-6(10)7(14-8)16-9-12-3-4-15(9)2/h3-5H,1-2H3,(H,11,13,14). The molecule has 0 aliphatic carbocycles. The van der Waals surface area contributed by atoms with Gasteiger partial charge in [0.1, 0.15) is 5.03 Å². The van der Waals surface area contributed by atoms with Crippen LogP contribution in [-0.4, -0.2) is 26.6 Å². The lowest BCUT2D eigenvalue weighted by atomic mass is 10.6. The Balaban J connectivity index is 2.30. The van der Waals surface area contributed by atoms with E-state index in [-0.39, 0.29) is 0 Å². The molecule has 0 aliphatic heterocycles. The van der Waals surface area contributed by atoms with Crippen LogP contribution < -0.4 is 5.32 Å². The summed E-state index contributed by atoms with van der Waals surface area (Å²) in [6.07, 6.45) is 5.18. The molecule has 0 saturated carbocycles. The van der Waals surface area contributed by atoms with Crippen LogP contribution in [0.3, 0.4) is 0 Å². The third-order valence-corrected chi connectivity index (χ3v) is 3.37. The molecule has 0 saturated heterocycles. The van der Waals surface area contributed by atoms with E-state index < -0.39 is 0 Å². The summed E-state index contributed by atoms with van der Waals surface area (Å²) in [4.78, 5) is 12.5. The molecule has 16 heavy (non-hydrogen) atoms. The van der Waals surface area contributed by atoms with Crippen LogP contribution >= 0.6 is 23.4 Å². The van der Waals surface area contributed by atoms with Crippen molar-refractivity contribution in [2.24, 2.45) is 7.05 Å². The van der Waals surface area contributed by atoms with E-state index >= 15 is 0 Å².